The van der Waals surface area contributed by atoms with Gasteiger partial charge in [0, 0.05) is 24.3 Å². The van der Waals surface area contributed by atoms with Gasteiger partial charge in [-0.15, -0.1) is 0 Å². The molecular weight excluding hydrogens is 304 g/mol. The van der Waals surface area contributed by atoms with Gasteiger partial charge < -0.3 is 10.6 Å². The minimum atomic E-state index is 0.0969. The summed E-state index contributed by atoms with van der Waals surface area (Å²) in [4.78, 5) is 20.8. The molecule has 2 N–H and O–H groups in total. The summed E-state index contributed by atoms with van der Waals surface area (Å²) in [5.74, 6) is 1.66. The van der Waals surface area contributed by atoms with Gasteiger partial charge in [-0.3, -0.25) is 9.48 Å². The van der Waals surface area contributed by atoms with Crippen LogP contribution in [-0.4, -0.2) is 25.7 Å². The molecule has 122 valence electrons. The molecule has 1 aliphatic carbocycles. The number of carbonyl (C=O) groups excluding carboxylic acids is 1. The third-order valence-corrected chi connectivity index (χ3v) is 4.04. The van der Waals surface area contributed by atoms with Crippen molar-refractivity contribution < 1.29 is 4.79 Å². The maximum atomic E-state index is 11.9. The number of hydrogen-bond donors (Lipinski definition) is 2. The van der Waals surface area contributed by atoms with Crippen LogP contribution in [0.5, 0.6) is 0 Å². The highest BCUT2D eigenvalue weighted by Gasteiger charge is 2.29. The van der Waals surface area contributed by atoms with Gasteiger partial charge in [0.05, 0.1) is 11.6 Å². The van der Waals surface area contributed by atoms with E-state index < -0.39 is 0 Å². The van der Waals surface area contributed by atoms with Crippen molar-refractivity contribution in [1.29, 1.82) is 0 Å². The molecule has 2 aromatic heterocycles. The van der Waals surface area contributed by atoms with E-state index in [0.717, 1.165) is 35.2 Å². The van der Waals surface area contributed by atoms with E-state index in [1.807, 2.05) is 38.2 Å². The van der Waals surface area contributed by atoms with Crippen molar-refractivity contribution in [2.75, 3.05) is 10.6 Å². The Morgan fingerprint density at radius 1 is 1.25 bits per heavy atom. The fraction of sp³-hybridized carbons (Fsp3) is 0.294. The third kappa shape index (κ3) is 2.80. The molecule has 1 amide bonds. The third-order valence-electron chi connectivity index (χ3n) is 4.04. The van der Waals surface area contributed by atoms with Crippen LogP contribution in [0.25, 0.3) is 11.0 Å². The Hall–Kier alpha value is -2.96. The Bertz CT molecular complexity index is 928. The maximum absolute atomic E-state index is 11.9. The minimum Gasteiger partial charge on any atom is -0.339 e. The number of carbonyl (C=O) groups is 1. The molecule has 1 aromatic carbocycles. The van der Waals surface area contributed by atoms with E-state index in [1.54, 1.807) is 10.9 Å². The average molecular weight is 322 g/mol. The number of amides is 1. The number of benzene rings is 1. The van der Waals surface area contributed by atoms with Crippen LogP contribution in [0, 0.1) is 12.8 Å². The molecule has 4 rings (SSSR count). The fourth-order valence-corrected chi connectivity index (χ4v) is 2.63. The lowest BCUT2D eigenvalue weighted by Crippen LogP contribution is -2.13. The SMILES string of the molecule is Cc1nc(Nc2cccc(NC(=O)C3CC3)c2)c2cnn(C)c2n1. The molecule has 0 saturated heterocycles. The molecule has 1 aliphatic rings. The zero-order valence-electron chi connectivity index (χ0n) is 13.6. The lowest BCUT2D eigenvalue weighted by atomic mass is 10.2. The van der Waals surface area contributed by atoms with Crippen LogP contribution in [0.1, 0.15) is 18.7 Å². The summed E-state index contributed by atoms with van der Waals surface area (Å²) in [6.07, 6.45) is 3.72. The molecule has 0 atom stereocenters. The molecule has 2 heterocycles. The predicted octanol–water partition coefficient (Wildman–Crippen LogP) is 2.76. The quantitative estimate of drug-likeness (QED) is 0.771. The number of anilines is 3. The van der Waals surface area contributed by atoms with Gasteiger partial charge in [0.15, 0.2) is 5.65 Å². The first-order chi connectivity index (χ1) is 11.6. The highest BCUT2D eigenvalue weighted by atomic mass is 16.2. The number of hydrogen-bond acceptors (Lipinski definition) is 5. The van der Waals surface area contributed by atoms with Crippen molar-refractivity contribution >= 4 is 34.1 Å². The van der Waals surface area contributed by atoms with E-state index in [2.05, 4.69) is 25.7 Å². The van der Waals surface area contributed by atoms with Crippen LogP contribution in [0.2, 0.25) is 0 Å². The summed E-state index contributed by atoms with van der Waals surface area (Å²) in [5.41, 5.74) is 2.42. The Balaban J connectivity index is 1.62. The summed E-state index contributed by atoms with van der Waals surface area (Å²) in [7, 11) is 1.85. The van der Waals surface area contributed by atoms with Gasteiger partial charge in [-0.2, -0.15) is 5.10 Å². The van der Waals surface area contributed by atoms with Gasteiger partial charge in [-0.25, -0.2) is 9.97 Å². The molecule has 1 saturated carbocycles. The molecule has 0 aliphatic heterocycles. The zero-order valence-corrected chi connectivity index (χ0v) is 13.6. The van der Waals surface area contributed by atoms with E-state index in [9.17, 15) is 4.79 Å². The molecule has 0 unspecified atom stereocenters. The average Bonchev–Trinajstić information content (AvgIpc) is 3.33. The summed E-state index contributed by atoms with van der Waals surface area (Å²) in [6.45, 7) is 1.85. The van der Waals surface area contributed by atoms with Gasteiger partial charge in [0.2, 0.25) is 5.91 Å². The number of nitrogens with zero attached hydrogens (tertiary/aromatic N) is 4. The predicted molar refractivity (Wildman–Crippen MR) is 92.1 cm³/mol. The standard InChI is InChI=1S/C17H18N6O/c1-10-19-15(14-9-18-23(2)16(14)20-10)21-12-4-3-5-13(8-12)22-17(24)11-6-7-11/h3-5,8-9,11H,6-7H2,1-2H3,(H,22,24)(H,19,20,21). The van der Waals surface area contributed by atoms with Gasteiger partial charge >= 0.3 is 0 Å². The Labute approximate surface area is 139 Å². The molecule has 24 heavy (non-hydrogen) atoms. The highest BCUT2D eigenvalue weighted by Crippen LogP contribution is 2.31. The van der Waals surface area contributed by atoms with Gasteiger partial charge in [-0.1, -0.05) is 6.07 Å². The van der Waals surface area contributed by atoms with E-state index in [-0.39, 0.29) is 11.8 Å². The minimum absolute atomic E-state index is 0.0969. The second kappa shape index (κ2) is 5.59. The first kappa shape index (κ1) is 14.6. The van der Waals surface area contributed by atoms with Crippen LogP contribution in [-0.2, 0) is 11.8 Å². The summed E-state index contributed by atoms with van der Waals surface area (Å²) in [6, 6.07) is 7.63. The van der Waals surface area contributed by atoms with Crippen molar-refractivity contribution in [3.8, 4) is 0 Å². The first-order valence-electron chi connectivity index (χ1n) is 7.94. The molecule has 7 nitrogen and oxygen atoms in total. The van der Waals surface area contributed by atoms with Crippen molar-refractivity contribution in [3.63, 3.8) is 0 Å². The number of fused-ring (bicyclic) bond motifs is 1. The molecule has 1 fully saturated rings. The smallest absolute Gasteiger partial charge is 0.227 e. The second-order valence-electron chi connectivity index (χ2n) is 6.09. The molecule has 3 aromatic rings. The number of aryl methyl sites for hydroxylation is 2. The molecular formula is C17H18N6O. The molecule has 0 radical (unpaired) electrons. The lowest BCUT2D eigenvalue weighted by molar-refractivity contribution is -0.117. The number of nitrogens with one attached hydrogen (secondary N) is 2. The highest BCUT2D eigenvalue weighted by molar-refractivity contribution is 5.95. The molecule has 0 spiro atoms. The van der Waals surface area contributed by atoms with E-state index >= 15 is 0 Å². The van der Waals surface area contributed by atoms with E-state index in [4.69, 9.17) is 0 Å². The van der Waals surface area contributed by atoms with Crippen LogP contribution in [0.4, 0.5) is 17.2 Å². The molecule has 0 bridgehead atoms. The van der Waals surface area contributed by atoms with E-state index in [1.165, 1.54) is 0 Å². The van der Waals surface area contributed by atoms with Crippen molar-refractivity contribution in [3.05, 3.63) is 36.3 Å². The van der Waals surface area contributed by atoms with E-state index in [0.29, 0.717) is 11.6 Å². The normalized spacial score (nSPS) is 13.9. The Morgan fingerprint density at radius 3 is 2.83 bits per heavy atom. The van der Waals surface area contributed by atoms with Gasteiger partial charge in [0.25, 0.3) is 0 Å². The Morgan fingerprint density at radius 2 is 2.04 bits per heavy atom. The Kier molecular flexibility index (Phi) is 3.41. The van der Waals surface area contributed by atoms with Gasteiger partial charge in [-0.05, 0) is 38.0 Å². The second-order valence-corrected chi connectivity index (χ2v) is 6.09. The molecule has 7 heteroatoms. The van der Waals surface area contributed by atoms with Crippen LogP contribution in [0.15, 0.2) is 30.5 Å². The summed E-state index contributed by atoms with van der Waals surface area (Å²) < 4.78 is 1.72. The van der Waals surface area contributed by atoms with Crippen LogP contribution >= 0.6 is 0 Å². The monoisotopic (exact) mass is 322 g/mol. The largest absolute Gasteiger partial charge is 0.339 e. The first-order valence-corrected chi connectivity index (χ1v) is 7.94. The lowest BCUT2D eigenvalue weighted by Gasteiger charge is -2.10. The number of aromatic nitrogens is 4. The summed E-state index contributed by atoms with van der Waals surface area (Å²) >= 11 is 0. The van der Waals surface area contributed by atoms with Crippen LogP contribution < -0.4 is 10.6 Å². The topological polar surface area (TPSA) is 84.7 Å². The number of rotatable bonds is 4. The van der Waals surface area contributed by atoms with Crippen LogP contribution in [0.3, 0.4) is 0 Å². The zero-order chi connectivity index (χ0) is 16.7. The summed E-state index contributed by atoms with van der Waals surface area (Å²) in [5, 5.41) is 11.4. The fourth-order valence-electron chi connectivity index (χ4n) is 2.63. The van der Waals surface area contributed by atoms with Gasteiger partial charge in [0.1, 0.15) is 11.6 Å². The van der Waals surface area contributed by atoms with Crippen molar-refractivity contribution in [1.82, 2.24) is 19.7 Å². The maximum Gasteiger partial charge on any atom is 0.227 e. The van der Waals surface area contributed by atoms with Crippen molar-refractivity contribution in [2.45, 2.75) is 19.8 Å². The van der Waals surface area contributed by atoms with Crippen molar-refractivity contribution in [2.24, 2.45) is 13.0 Å².